The van der Waals surface area contributed by atoms with Gasteiger partial charge in [-0.3, -0.25) is 0 Å². The number of hydrogen-bond acceptors (Lipinski definition) is 1. The Kier molecular flexibility index (Phi) is 5.21. The number of allylic oxidation sites excluding steroid dienone is 1. The molecule has 0 bridgehead atoms. The maximum absolute atomic E-state index is 6.44. The minimum atomic E-state index is -0.305. The van der Waals surface area contributed by atoms with E-state index in [-0.39, 0.29) is 13.0 Å². The van der Waals surface area contributed by atoms with Crippen LogP contribution in [0.2, 0.25) is 0 Å². The molecule has 5 atom stereocenters. The Bertz CT molecular complexity index is 269. The van der Waals surface area contributed by atoms with Gasteiger partial charge >= 0.3 is 0 Å². The van der Waals surface area contributed by atoms with Crippen molar-refractivity contribution in [3.05, 3.63) is 38.0 Å². The molecule has 2 N–H and O–H groups in total. The Morgan fingerprint density at radius 1 is 1.19 bits per heavy atom. The van der Waals surface area contributed by atoms with Crippen molar-refractivity contribution in [3.63, 3.8) is 0 Å². The second kappa shape index (κ2) is 5.49. The molecule has 1 aliphatic carbocycles. The Hall–Kier alpha value is -0.820. The summed E-state index contributed by atoms with van der Waals surface area (Å²) in [5.74, 6) is 1.76. The van der Waals surface area contributed by atoms with Crippen molar-refractivity contribution in [1.82, 2.24) is 0 Å². The van der Waals surface area contributed by atoms with E-state index in [1.807, 2.05) is 12.2 Å². The molecule has 0 saturated heterocycles. The largest absolute Gasteiger partial charge is 0.321 e. The van der Waals surface area contributed by atoms with Gasteiger partial charge in [-0.15, -0.1) is 19.7 Å². The second-order valence-corrected chi connectivity index (χ2v) is 4.86. The van der Waals surface area contributed by atoms with E-state index in [0.717, 1.165) is 6.42 Å². The lowest BCUT2D eigenvalue weighted by Gasteiger charge is -2.49. The Balaban J connectivity index is 0.00000225. The molecule has 5 unspecified atom stereocenters. The van der Waals surface area contributed by atoms with Crippen LogP contribution in [0, 0.1) is 23.7 Å². The van der Waals surface area contributed by atoms with Crippen LogP contribution in [0.4, 0.5) is 0 Å². The molecule has 16 heavy (non-hydrogen) atoms. The third-order valence-electron chi connectivity index (χ3n) is 4.21. The standard InChI is InChI=1S/C14H23N.CH4/c1-6-12-9-10(4)14(15,8-3)13(7-2)11(12)5;/h6-8,10-13H,1-3,9,15H2,4-5H3;1H4. The molecule has 0 radical (unpaired) electrons. The molecule has 1 aliphatic rings. The highest BCUT2D eigenvalue weighted by Gasteiger charge is 2.45. The van der Waals surface area contributed by atoms with Gasteiger partial charge in [-0.25, -0.2) is 0 Å². The lowest BCUT2D eigenvalue weighted by Crippen LogP contribution is -2.56. The molecule has 0 amide bonds. The minimum Gasteiger partial charge on any atom is -0.321 e. The molecular formula is C15H27N. The van der Waals surface area contributed by atoms with Crippen LogP contribution in [0.25, 0.3) is 0 Å². The summed E-state index contributed by atoms with van der Waals surface area (Å²) in [6.07, 6.45) is 7.04. The first-order valence-electron chi connectivity index (χ1n) is 5.68. The molecule has 1 heteroatoms. The van der Waals surface area contributed by atoms with Crippen LogP contribution in [0.1, 0.15) is 27.7 Å². The number of hydrogen-bond donors (Lipinski definition) is 1. The van der Waals surface area contributed by atoms with Gasteiger partial charge in [-0.1, -0.05) is 39.5 Å². The molecule has 1 fully saturated rings. The van der Waals surface area contributed by atoms with Crippen LogP contribution in [0.5, 0.6) is 0 Å². The van der Waals surface area contributed by atoms with Gasteiger partial charge in [0.1, 0.15) is 0 Å². The maximum Gasteiger partial charge on any atom is 0.0428 e. The van der Waals surface area contributed by atoms with Gasteiger partial charge in [0.2, 0.25) is 0 Å². The number of nitrogens with two attached hydrogens (primary N) is 1. The Labute approximate surface area is 101 Å². The van der Waals surface area contributed by atoms with Crippen molar-refractivity contribution in [2.24, 2.45) is 29.4 Å². The van der Waals surface area contributed by atoms with E-state index in [1.165, 1.54) is 0 Å². The fourth-order valence-electron chi connectivity index (χ4n) is 2.94. The smallest absolute Gasteiger partial charge is 0.0428 e. The summed E-state index contributed by atoms with van der Waals surface area (Å²) in [5.41, 5.74) is 6.14. The third-order valence-corrected chi connectivity index (χ3v) is 4.21. The van der Waals surface area contributed by atoms with Gasteiger partial charge in [0.25, 0.3) is 0 Å². The van der Waals surface area contributed by atoms with Crippen molar-refractivity contribution in [3.8, 4) is 0 Å². The SMILES string of the molecule is C.C=CC1CC(C)C(N)(C=C)C(C=C)C1C. The van der Waals surface area contributed by atoms with Gasteiger partial charge in [-0.2, -0.15) is 0 Å². The van der Waals surface area contributed by atoms with Gasteiger partial charge in [0.15, 0.2) is 0 Å². The first-order chi connectivity index (χ1) is 7.01. The first-order valence-corrected chi connectivity index (χ1v) is 5.68. The van der Waals surface area contributed by atoms with Crippen molar-refractivity contribution < 1.29 is 0 Å². The fourth-order valence-corrected chi connectivity index (χ4v) is 2.94. The monoisotopic (exact) mass is 221 g/mol. The van der Waals surface area contributed by atoms with E-state index in [0.29, 0.717) is 23.7 Å². The zero-order chi connectivity index (χ0) is 11.6. The normalized spacial score (nSPS) is 42.9. The molecule has 1 rings (SSSR count). The van der Waals surface area contributed by atoms with Gasteiger partial charge < -0.3 is 5.73 Å². The molecule has 92 valence electrons. The minimum absolute atomic E-state index is 0. The van der Waals surface area contributed by atoms with Crippen molar-refractivity contribution >= 4 is 0 Å². The van der Waals surface area contributed by atoms with E-state index in [1.54, 1.807) is 0 Å². The summed E-state index contributed by atoms with van der Waals surface area (Å²) in [7, 11) is 0. The first kappa shape index (κ1) is 15.2. The average Bonchev–Trinajstić information content (AvgIpc) is 2.24. The molecule has 0 aromatic carbocycles. The quantitative estimate of drug-likeness (QED) is 0.721. The van der Waals surface area contributed by atoms with E-state index in [2.05, 4.69) is 39.7 Å². The number of rotatable bonds is 3. The summed E-state index contributed by atoms with van der Waals surface area (Å²) < 4.78 is 0. The summed E-state index contributed by atoms with van der Waals surface area (Å²) >= 11 is 0. The van der Waals surface area contributed by atoms with E-state index in [9.17, 15) is 0 Å². The second-order valence-electron chi connectivity index (χ2n) is 4.86. The highest BCUT2D eigenvalue weighted by molar-refractivity contribution is 5.18. The van der Waals surface area contributed by atoms with E-state index >= 15 is 0 Å². The molecule has 1 saturated carbocycles. The molecule has 0 aromatic heterocycles. The van der Waals surface area contributed by atoms with E-state index < -0.39 is 0 Å². The molecule has 0 aromatic rings. The van der Waals surface area contributed by atoms with Crippen molar-refractivity contribution in [1.29, 1.82) is 0 Å². The predicted molar refractivity (Wildman–Crippen MR) is 74.2 cm³/mol. The van der Waals surface area contributed by atoms with Gasteiger partial charge in [0.05, 0.1) is 0 Å². The molecule has 0 spiro atoms. The van der Waals surface area contributed by atoms with E-state index in [4.69, 9.17) is 5.73 Å². The van der Waals surface area contributed by atoms with Gasteiger partial charge in [0, 0.05) is 11.5 Å². The maximum atomic E-state index is 6.44. The molecule has 0 heterocycles. The fraction of sp³-hybridized carbons (Fsp3) is 0.600. The van der Waals surface area contributed by atoms with Crippen LogP contribution in [-0.4, -0.2) is 5.54 Å². The highest BCUT2D eigenvalue weighted by Crippen LogP contribution is 2.44. The van der Waals surface area contributed by atoms with Crippen LogP contribution in [-0.2, 0) is 0 Å². The zero-order valence-corrected chi connectivity index (χ0v) is 9.95. The van der Waals surface area contributed by atoms with Gasteiger partial charge in [-0.05, 0) is 24.2 Å². The zero-order valence-electron chi connectivity index (χ0n) is 9.95. The van der Waals surface area contributed by atoms with Crippen molar-refractivity contribution in [2.45, 2.75) is 33.2 Å². The van der Waals surface area contributed by atoms with Crippen LogP contribution in [0.15, 0.2) is 38.0 Å². The lowest BCUT2D eigenvalue weighted by atomic mass is 9.59. The topological polar surface area (TPSA) is 26.0 Å². The Morgan fingerprint density at radius 3 is 2.12 bits per heavy atom. The predicted octanol–water partition coefficient (Wildman–Crippen LogP) is 3.79. The molecular weight excluding hydrogens is 194 g/mol. The lowest BCUT2D eigenvalue weighted by molar-refractivity contribution is 0.109. The summed E-state index contributed by atoms with van der Waals surface area (Å²) in [6.45, 7) is 16.1. The highest BCUT2D eigenvalue weighted by atomic mass is 14.8. The molecule has 1 nitrogen and oxygen atoms in total. The average molecular weight is 221 g/mol. The summed E-state index contributed by atoms with van der Waals surface area (Å²) in [6, 6.07) is 0. The van der Waals surface area contributed by atoms with Crippen LogP contribution >= 0.6 is 0 Å². The summed E-state index contributed by atoms with van der Waals surface area (Å²) in [4.78, 5) is 0. The third kappa shape index (κ3) is 2.15. The van der Waals surface area contributed by atoms with Crippen LogP contribution < -0.4 is 5.73 Å². The molecule has 0 aliphatic heterocycles. The van der Waals surface area contributed by atoms with Crippen LogP contribution in [0.3, 0.4) is 0 Å². The Morgan fingerprint density at radius 2 is 1.75 bits per heavy atom. The summed E-state index contributed by atoms with van der Waals surface area (Å²) in [5, 5.41) is 0. The van der Waals surface area contributed by atoms with Crippen molar-refractivity contribution in [2.75, 3.05) is 0 Å².